The van der Waals surface area contributed by atoms with Crippen molar-refractivity contribution in [1.29, 1.82) is 0 Å². The first kappa shape index (κ1) is 13.4. The van der Waals surface area contributed by atoms with Crippen LogP contribution in [0.3, 0.4) is 0 Å². The minimum absolute atomic E-state index is 0.221. The maximum absolute atomic E-state index is 12.0. The molecule has 106 valence electrons. The van der Waals surface area contributed by atoms with Crippen LogP contribution in [0.1, 0.15) is 32.4 Å². The summed E-state index contributed by atoms with van der Waals surface area (Å²) in [7, 11) is 0. The third-order valence-electron chi connectivity index (χ3n) is 4.85. The number of H-pyrrole nitrogens is 1. The van der Waals surface area contributed by atoms with E-state index >= 15 is 0 Å². The Labute approximate surface area is 122 Å². The Kier molecular flexibility index (Phi) is 3.01. The Morgan fingerprint density at radius 1 is 1.60 bits per heavy atom. The van der Waals surface area contributed by atoms with E-state index < -0.39 is 0 Å². The summed E-state index contributed by atoms with van der Waals surface area (Å²) in [5, 5.41) is 10.7. The van der Waals surface area contributed by atoms with E-state index in [4.69, 9.17) is 12.2 Å². The van der Waals surface area contributed by atoms with Crippen LogP contribution in [0.15, 0.2) is 21.5 Å². The highest BCUT2D eigenvalue weighted by Crippen LogP contribution is 2.58. The number of hydrogen-bond acceptors (Lipinski definition) is 4. The normalized spacial score (nSPS) is 27.2. The number of nitrogens with one attached hydrogen (secondary N) is 1. The van der Waals surface area contributed by atoms with Crippen molar-refractivity contribution >= 4 is 18.4 Å². The zero-order valence-electron chi connectivity index (χ0n) is 11.9. The van der Waals surface area contributed by atoms with Crippen molar-refractivity contribution in [3.63, 3.8) is 0 Å². The van der Waals surface area contributed by atoms with Crippen molar-refractivity contribution in [2.45, 2.75) is 33.6 Å². The quantitative estimate of drug-likeness (QED) is 0.672. The molecule has 0 aromatic carbocycles. The fourth-order valence-corrected chi connectivity index (χ4v) is 3.42. The number of aromatic nitrogens is 3. The van der Waals surface area contributed by atoms with Crippen LogP contribution in [0.4, 0.5) is 0 Å². The zero-order valence-corrected chi connectivity index (χ0v) is 12.7. The number of allylic oxidation sites excluding steroid dienone is 2. The third kappa shape index (κ3) is 1.90. The first-order valence-corrected chi connectivity index (χ1v) is 7.25. The molecule has 20 heavy (non-hydrogen) atoms. The molecule has 1 aromatic heterocycles. The summed E-state index contributed by atoms with van der Waals surface area (Å²) >= 11 is 5.06. The van der Waals surface area contributed by atoms with Crippen molar-refractivity contribution in [2.24, 2.45) is 22.4 Å². The van der Waals surface area contributed by atoms with Crippen molar-refractivity contribution in [2.75, 3.05) is 0 Å². The summed E-state index contributed by atoms with van der Waals surface area (Å²) in [5.74, 6) is 1.33. The summed E-state index contributed by atoms with van der Waals surface area (Å²) in [4.78, 5) is 12.0. The van der Waals surface area contributed by atoms with Gasteiger partial charge in [-0.1, -0.05) is 19.9 Å². The van der Waals surface area contributed by atoms with Gasteiger partial charge >= 0.3 is 0 Å². The Balaban J connectivity index is 1.93. The van der Waals surface area contributed by atoms with Crippen LogP contribution in [0.25, 0.3) is 0 Å². The molecule has 0 spiro atoms. The van der Waals surface area contributed by atoms with E-state index in [0.29, 0.717) is 17.0 Å². The lowest BCUT2D eigenvalue weighted by atomic mass is 9.49. The molecule has 4 rings (SSSR count). The first-order valence-electron chi connectivity index (χ1n) is 6.84. The number of fused-ring (bicyclic) bond motifs is 1. The molecule has 1 aromatic rings. The highest BCUT2D eigenvalue weighted by atomic mass is 32.1. The maximum atomic E-state index is 12.0. The summed E-state index contributed by atoms with van der Waals surface area (Å²) in [6.07, 6.45) is 6.34. The largest absolute Gasteiger partial charge is 0.296 e. The van der Waals surface area contributed by atoms with Crippen LogP contribution < -0.4 is 5.56 Å². The Morgan fingerprint density at radius 3 is 3.00 bits per heavy atom. The molecular formula is C14H18N4OS. The van der Waals surface area contributed by atoms with Gasteiger partial charge in [-0.25, -0.2) is 0 Å². The summed E-state index contributed by atoms with van der Waals surface area (Å²) < 4.78 is 1.43. The molecule has 2 unspecified atom stereocenters. The lowest BCUT2D eigenvalue weighted by molar-refractivity contribution is -0.00127. The van der Waals surface area contributed by atoms with Crippen LogP contribution in [0, 0.1) is 28.9 Å². The van der Waals surface area contributed by atoms with Gasteiger partial charge in [0.05, 0.1) is 6.21 Å². The van der Waals surface area contributed by atoms with E-state index in [1.807, 2.05) is 0 Å². The van der Waals surface area contributed by atoms with Gasteiger partial charge in [0.15, 0.2) is 0 Å². The van der Waals surface area contributed by atoms with Gasteiger partial charge in [-0.05, 0) is 54.8 Å². The molecule has 0 saturated heterocycles. The first-order chi connectivity index (χ1) is 9.41. The van der Waals surface area contributed by atoms with E-state index in [9.17, 15) is 4.79 Å². The molecular weight excluding hydrogens is 272 g/mol. The highest BCUT2D eigenvalue weighted by molar-refractivity contribution is 7.71. The van der Waals surface area contributed by atoms with Crippen LogP contribution >= 0.6 is 12.2 Å². The van der Waals surface area contributed by atoms with Crippen molar-refractivity contribution < 1.29 is 0 Å². The second-order valence-corrected chi connectivity index (χ2v) is 6.61. The fraction of sp³-hybridized carbons (Fsp3) is 0.571. The average Bonchev–Trinajstić information content (AvgIpc) is 2.43. The van der Waals surface area contributed by atoms with Gasteiger partial charge in [0.1, 0.15) is 5.69 Å². The molecule has 1 saturated carbocycles. The van der Waals surface area contributed by atoms with Gasteiger partial charge in [-0.15, -0.1) is 0 Å². The van der Waals surface area contributed by atoms with Gasteiger partial charge < -0.3 is 0 Å². The molecule has 3 aliphatic rings. The predicted octanol–water partition coefficient (Wildman–Crippen LogP) is 2.44. The van der Waals surface area contributed by atoms with E-state index in [2.05, 4.69) is 35.2 Å². The number of aryl methyl sites for hydroxylation is 1. The molecule has 1 N–H and O–H groups in total. The molecule has 5 nitrogen and oxygen atoms in total. The Hall–Kier alpha value is -1.56. The van der Waals surface area contributed by atoms with E-state index in [0.717, 1.165) is 12.3 Å². The van der Waals surface area contributed by atoms with Gasteiger partial charge in [0.25, 0.3) is 5.56 Å². The van der Waals surface area contributed by atoms with Gasteiger partial charge in [-0.3, -0.25) is 9.89 Å². The fourth-order valence-electron chi connectivity index (χ4n) is 3.25. The highest BCUT2D eigenvalue weighted by Gasteiger charge is 2.50. The van der Waals surface area contributed by atoms with E-state index in [1.165, 1.54) is 16.7 Å². The Bertz CT molecular complexity index is 725. The molecule has 1 fully saturated rings. The van der Waals surface area contributed by atoms with Crippen LogP contribution in [-0.4, -0.2) is 21.1 Å². The van der Waals surface area contributed by atoms with Gasteiger partial charge in [0.2, 0.25) is 4.77 Å². The second kappa shape index (κ2) is 4.48. The molecule has 1 heterocycles. The topological polar surface area (TPSA) is 63.0 Å². The summed E-state index contributed by atoms with van der Waals surface area (Å²) in [6, 6.07) is 0. The lowest BCUT2D eigenvalue weighted by Gasteiger charge is -2.55. The zero-order chi connectivity index (χ0) is 14.5. The summed E-state index contributed by atoms with van der Waals surface area (Å²) in [6.45, 7) is 6.25. The van der Waals surface area contributed by atoms with Crippen LogP contribution in [-0.2, 0) is 0 Å². The van der Waals surface area contributed by atoms with E-state index in [1.54, 1.807) is 13.1 Å². The molecule has 0 radical (unpaired) electrons. The monoisotopic (exact) mass is 290 g/mol. The molecule has 0 amide bonds. The SMILES string of the molecule is Cc1n[nH]c(=S)n(N=CC2=CCC3CC2C3(C)C)c1=O. The molecule has 2 atom stereocenters. The number of hydrogen-bond donors (Lipinski definition) is 1. The molecule has 6 heteroatoms. The van der Waals surface area contributed by atoms with Crippen molar-refractivity contribution in [3.05, 3.63) is 32.5 Å². The van der Waals surface area contributed by atoms with E-state index in [-0.39, 0.29) is 10.3 Å². The maximum Gasteiger partial charge on any atom is 0.296 e. The smallest absolute Gasteiger partial charge is 0.265 e. The molecule has 0 aliphatic heterocycles. The average molecular weight is 290 g/mol. The van der Waals surface area contributed by atoms with Crippen molar-refractivity contribution in [3.8, 4) is 0 Å². The molecule has 3 aliphatic carbocycles. The number of rotatable bonds is 2. The van der Waals surface area contributed by atoms with Crippen molar-refractivity contribution in [1.82, 2.24) is 14.9 Å². The molecule has 2 bridgehead atoms. The second-order valence-electron chi connectivity index (χ2n) is 6.22. The Morgan fingerprint density at radius 2 is 2.35 bits per heavy atom. The minimum Gasteiger partial charge on any atom is -0.265 e. The van der Waals surface area contributed by atoms with Crippen LogP contribution in [0.2, 0.25) is 0 Å². The standard InChI is InChI=1S/C14H18N4OS/c1-8-12(19)18(13(20)17-16-8)15-7-9-4-5-10-6-11(9)14(10,2)3/h4,7,10-11H,5-6H2,1-3H3,(H,17,20). The number of nitrogens with zero attached hydrogens (tertiary/aromatic N) is 3. The summed E-state index contributed by atoms with van der Waals surface area (Å²) in [5.41, 5.74) is 1.65. The number of aromatic amines is 1. The minimum atomic E-state index is -0.271. The van der Waals surface area contributed by atoms with Crippen LogP contribution in [0.5, 0.6) is 0 Å². The predicted molar refractivity (Wildman–Crippen MR) is 80.4 cm³/mol. The van der Waals surface area contributed by atoms with Gasteiger partial charge in [-0.2, -0.15) is 14.9 Å². The third-order valence-corrected chi connectivity index (χ3v) is 5.11. The lowest BCUT2D eigenvalue weighted by Crippen LogP contribution is -2.48. The van der Waals surface area contributed by atoms with Gasteiger partial charge in [0, 0.05) is 0 Å².